The average molecular weight is 477 g/mol. The highest BCUT2D eigenvalue weighted by Crippen LogP contribution is 2.31. The van der Waals surface area contributed by atoms with Gasteiger partial charge in [-0.15, -0.1) is 0 Å². The number of H-pyrrole nitrogens is 1. The largest absolute Gasteiger partial charge is 0.494 e. The van der Waals surface area contributed by atoms with E-state index in [-0.39, 0.29) is 60.1 Å². The van der Waals surface area contributed by atoms with Crippen molar-refractivity contribution in [3.8, 4) is 11.6 Å². The zero-order chi connectivity index (χ0) is 27.0. The lowest BCUT2D eigenvalue weighted by Gasteiger charge is -2.34. The summed E-state index contributed by atoms with van der Waals surface area (Å²) in [4.78, 5) is 53.5. The number of fused-ring (bicyclic) bond motifs is 1. The van der Waals surface area contributed by atoms with Crippen molar-refractivity contribution in [2.75, 3.05) is 33.2 Å². The van der Waals surface area contributed by atoms with E-state index in [4.69, 9.17) is 8.85 Å². The number of rotatable bonds is 5. The van der Waals surface area contributed by atoms with Crippen LogP contribution in [0.4, 0.5) is 0 Å². The maximum absolute atomic E-state index is 13.4. The number of hydrogen-bond donors (Lipinski definition) is 1. The van der Waals surface area contributed by atoms with Gasteiger partial charge < -0.3 is 19.5 Å². The van der Waals surface area contributed by atoms with Crippen LogP contribution < -0.4 is 4.74 Å². The molecular weight excluding hydrogens is 450 g/mol. The van der Waals surface area contributed by atoms with E-state index in [0.29, 0.717) is 11.4 Å². The Morgan fingerprint density at radius 2 is 1.80 bits per heavy atom. The van der Waals surface area contributed by atoms with Gasteiger partial charge in [-0.2, -0.15) is 5.10 Å². The molecular formula is C24H23N7O4. The zero-order valence-corrected chi connectivity index (χ0v) is 18.8. The first kappa shape index (κ1) is 18.8. The summed E-state index contributed by atoms with van der Waals surface area (Å²) < 4.78 is 29.0. The average Bonchev–Trinajstić information content (AvgIpc) is 3.54. The van der Waals surface area contributed by atoms with Crippen molar-refractivity contribution in [1.82, 2.24) is 34.5 Å². The molecule has 0 radical (unpaired) electrons. The molecule has 3 aromatic heterocycles. The molecule has 0 bridgehead atoms. The van der Waals surface area contributed by atoms with Crippen LogP contribution in [0.2, 0.25) is 0 Å². The Morgan fingerprint density at radius 3 is 2.49 bits per heavy atom. The minimum atomic E-state index is -2.82. The number of pyridine rings is 1. The number of ether oxygens (including phenoxy) is 1. The van der Waals surface area contributed by atoms with Crippen molar-refractivity contribution in [3.05, 3.63) is 66.0 Å². The van der Waals surface area contributed by atoms with E-state index in [1.54, 1.807) is 36.1 Å². The summed E-state index contributed by atoms with van der Waals surface area (Å²) in [5.41, 5.74) is 0.745. The summed E-state index contributed by atoms with van der Waals surface area (Å²) in [6, 6.07) is 8.83. The fourth-order valence-corrected chi connectivity index (χ4v) is 4.12. The van der Waals surface area contributed by atoms with Crippen LogP contribution in [0.1, 0.15) is 30.7 Å². The number of piperazine rings is 1. The summed E-state index contributed by atoms with van der Waals surface area (Å²) in [6.07, 6.45) is 3.91. The maximum atomic E-state index is 13.4. The Morgan fingerprint density at radius 1 is 1.06 bits per heavy atom. The number of Topliss-reactive ketones (excluding diaryl/α,β-unsaturated/α-hetero) is 1. The van der Waals surface area contributed by atoms with E-state index >= 15 is 0 Å². The lowest BCUT2D eigenvalue weighted by Crippen LogP contribution is -2.52. The van der Waals surface area contributed by atoms with E-state index in [2.05, 4.69) is 20.1 Å². The highest BCUT2D eigenvalue weighted by Gasteiger charge is 2.31. The van der Waals surface area contributed by atoms with Gasteiger partial charge in [0.15, 0.2) is 5.82 Å². The number of benzene rings is 1. The minimum absolute atomic E-state index is 0.0625. The number of carbonyl (C=O) groups is 3. The Kier molecular flexibility index (Phi) is 4.85. The monoisotopic (exact) mass is 476 g/mol. The second kappa shape index (κ2) is 9.01. The standard InChI is InChI=1S/C24H23N7O4/c1-15-27-14-31(28-15)22-20-19(18(35-2)13-26-22)17(12-25-20)21(32)24(34)30-10-8-29(9-11-30)23(33)16-6-4-3-5-7-16/h3-7,12-14,25H,8-11H2,1-2H3/i2D3. The predicted molar refractivity (Wildman–Crippen MR) is 126 cm³/mol. The van der Waals surface area contributed by atoms with Gasteiger partial charge in [-0.25, -0.2) is 14.6 Å². The quantitative estimate of drug-likeness (QED) is 0.343. The first-order valence-electron chi connectivity index (χ1n) is 12.4. The highest BCUT2D eigenvalue weighted by atomic mass is 16.5. The highest BCUT2D eigenvalue weighted by molar-refractivity contribution is 6.45. The van der Waals surface area contributed by atoms with Gasteiger partial charge in [0.1, 0.15) is 17.9 Å². The van der Waals surface area contributed by atoms with Gasteiger partial charge in [0.25, 0.3) is 17.6 Å². The van der Waals surface area contributed by atoms with E-state index in [0.717, 1.165) is 0 Å². The normalized spacial score (nSPS) is 15.4. The second-order valence-corrected chi connectivity index (χ2v) is 8.02. The number of hydrogen-bond acceptors (Lipinski definition) is 7. The van der Waals surface area contributed by atoms with Crippen molar-refractivity contribution >= 4 is 28.5 Å². The van der Waals surface area contributed by atoms with Crippen LogP contribution in [0.5, 0.6) is 5.75 Å². The Hall–Kier alpha value is -4.54. The van der Waals surface area contributed by atoms with Gasteiger partial charge in [0, 0.05) is 37.9 Å². The van der Waals surface area contributed by atoms with Crippen LogP contribution in [0.15, 0.2) is 49.1 Å². The van der Waals surface area contributed by atoms with Crippen molar-refractivity contribution < 1.29 is 23.2 Å². The van der Waals surface area contributed by atoms with Gasteiger partial charge in [-0.05, 0) is 19.1 Å². The van der Waals surface area contributed by atoms with Crippen LogP contribution >= 0.6 is 0 Å². The van der Waals surface area contributed by atoms with E-state index < -0.39 is 18.7 Å². The summed E-state index contributed by atoms with van der Waals surface area (Å²) in [5, 5.41) is 4.31. The van der Waals surface area contributed by atoms with Crippen molar-refractivity contribution in [3.63, 3.8) is 0 Å². The Balaban J connectivity index is 1.41. The Bertz CT molecular complexity index is 1520. The topological polar surface area (TPSA) is 126 Å². The number of ketones is 1. The SMILES string of the molecule is [2H]C([2H])([2H])Oc1cnc(-n2cnc(C)n2)c2[nH]cc(C(=O)C(=O)N3CCN(C(=O)c4ccccc4)CC3)c12. The van der Waals surface area contributed by atoms with Gasteiger partial charge in [0.2, 0.25) is 0 Å². The number of aromatic amines is 1. The number of nitrogens with one attached hydrogen (secondary N) is 1. The molecule has 0 spiro atoms. The number of aromatic nitrogens is 5. The number of aryl methyl sites for hydroxylation is 1. The number of amides is 2. The smallest absolute Gasteiger partial charge is 0.295 e. The van der Waals surface area contributed by atoms with Crippen LogP contribution in [-0.2, 0) is 4.79 Å². The molecule has 0 atom stereocenters. The van der Waals surface area contributed by atoms with E-state index in [9.17, 15) is 14.4 Å². The molecule has 5 rings (SSSR count). The molecule has 1 aromatic carbocycles. The molecule has 1 fully saturated rings. The maximum Gasteiger partial charge on any atom is 0.295 e. The summed E-state index contributed by atoms with van der Waals surface area (Å²) in [6.45, 7) is 2.58. The lowest BCUT2D eigenvalue weighted by atomic mass is 10.1. The molecule has 11 heteroatoms. The fourth-order valence-electron chi connectivity index (χ4n) is 4.12. The third-order valence-electron chi connectivity index (χ3n) is 5.90. The molecule has 1 saturated heterocycles. The van der Waals surface area contributed by atoms with Crippen LogP contribution in [0, 0.1) is 6.92 Å². The lowest BCUT2D eigenvalue weighted by molar-refractivity contribution is -0.127. The van der Waals surface area contributed by atoms with Gasteiger partial charge in [-0.3, -0.25) is 14.4 Å². The van der Waals surface area contributed by atoms with E-state index in [1.807, 2.05) is 6.07 Å². The van der Waals surface area contributed by atoms with Crippen molar-refractivity contribution in [1.29, 1.82) is 0 Å². The van der Waals surface area contributed by atoms with E-state index in [1.165, 1.54) is 28.3 Å². The predicted octanol–water partition coefficient (Wildman–Crippen LogP) is 1.63. The first-order valence-corrected chi connectivity index (χ1v) is 10.9. The van der Waals surface area contributed by atoms with Crippen molar-refractivity contribution in [2.45, 2.75) is 6.92 Å². The molecule has 178 valence electrons. The van der Waals surface area contributed by atoms with Gasteiger partial charge in [0.05, 0.1) is 33.8 Å². The molecule has 4 heterocycles. The molecule has 1 aliphatic rings. The zero-order valence-electron chi connectivity index (χ0n) is 21.8. The molecule has 4 aromatic rings. The van der Waals surface area contributed by atoms with Crippen molar-refractivity contribution in [2.24, 2.45) is 0 Å². The van der Waals surface area contributed by atoms with Crippen LogP contribution in [-0.4, -0.2) is 85.3 Å². The molecule has 11 nitrogen and oxygen atoms in total. The van der Waals surface area contributed by atoms with Crippen LogP contribution in [0.3, 0.4) is 0 Å². The minimum Gasteiger partial charge on any atom is -0.494 e. The molecule has 2 amide bonds. The molecule has 0 aliphatic carbocycles. The summed E-state index contributed by atoms with van der Waals surface area (Å²) in [7, 11) is -2.82. The fraction of sp³-hybridized carbons (Fsp3) is 0.250. The second-order valence-electron chi connectivity index (χ2n) is 8.02. The molecule has 0 saturated carbocycles. The number of carbonyl (C=O) groups excluding carboxylic acids is 3. The van der Waals surface area contributed by atoms with Gasteiger partial charge in [-0.1, -0.05) is 18.2 Å². The third-order valence-corrected chi connectivity index (χ3v) is 5.90. The summed E-state index contributed by atoms with van der Waals surface area (Å²) in [5.74, 6) is -1.22. The first-order chi connectivity index (χ1) is 18.1. The van der Waals surface area contributed by atoms with Crippen LogP contribution in [0.25, 0.3) is 16.7 Å². The van der Waals surface area contributed by atoms with Gasteiger partial charge >= 0.3 is 0 Å². The molecule has 1 N–H and O–H groups in total. The number of methoxy groups -OCH3 is 1. The molecule has 1 aliphatic heterocycles. The molecule has 0 unspecified atom stereocenters. The Labute approximate surface area is 204 Å². The summed E-state index contributed by atoms with van der Waals surface area (Å²) >= 11 is 0. The third kappa shape index (κ3) is 4.01. The molecule has 35 heavy (non-hydrogen) atoms. The number of nitrogens with zero attached hydrogens (tertiary/aromatic N) is 6.